The van der Waals surface area contributed by atoms with Gasteiger partial charge in [-0.05, 0) is 49.9 Å². The number of halogens is 1. The van der Waals surface area contributed by atoms with Gasteiger partial charge in [0.25, 0.3) is 0 Å². The van der Waals surface area contributed by atoms with Crippen LogP contribution in [0.25, 0.3) is 11.5 Å². The normalized spacial score (nSPS) is 22.6. The molecule has 0 radical (unpaired) electrons. The topological polar surface area (TPSA) is 76.3 Å². The second-order valence-electron chi connectivity index (χ2n) is 6.39. The molecule has 1 aliphatic heterocycles. The molecule has 0 bridgehead atoms. The monoisotopic (exact) mass is 351 g/mol. The second kappa shape index (κ2) is 5.93. The lowest BCUT2D eigenvalue weighted by molar-refractivity contribution is 0.286. The maximum Gasteiger partial charge on any atom is 0.247 e. The van der Waals surface area contributed by atoms with Gasteiger partial charge in [0.05, 0.1) is 11.2 Å². The molecule has 2 aromatic rings. The first kappa shape index (κ1) is 15.7. The maximum atomic E-state index is 13.0. The van der Waals surface area contributed by atoms with E-state index in [0.717, 1.165) is 25.7 Å². The zero-order valence-corrected chi connectivity index (χ0v) is 13.9. The fourth-order valence-corrected chi connectivity index (χ4v) is 4.99. The molecule has 1 atom stereocenters. The van der Waals surface area contributed by atoms with Gasteiger partial charge in [0.15, 0.2) is 0 Å². The Labute approximate surface area is 139 Å². The van der Waals surface area contributed by atoms with Crippen LogP contribution in [0.2, 0.25) is 0 Å². The molecule has 24 heavy (non-hydrogen) atoms. The molecule has 6 nitrogen and oxygen atoms in total. The van der Waals surface area contributed by atoms with E-state index in [-0.39, 0.29) is 17.0 Å². The summed E-state index contributed by atoms with van der Waals surface area (Å²) >= 11 is 0. The van der Waals surface area contributed by atoms with Gasteiger partial charge in [0, 0.05) is 18.7 Å². The molecular formula is C16H18FN3O3S. The average molecular weight is 351 g/mol. The minimum absolute atomic E-state index is 0.0889. The number of benzene rings is 1. The summed E-state index contributed by atoms with van der Waals surface area (Å²) in [6, 6.07) is 5.84. The van der Waals surface area contributed by atoms with Gasteiger partial charge in [-0.25, -0.2) is 17.1 Å². The summed E-state index contributed by atoms with van der Waals surface area (Å²) in [7, 11) is -3.18. The Bertz CT molecular complexity index is 831. The van der Waals surface area contributed by atoms with Crippen molar-refractivity contribution in [1.82, 2.24) is 14.5 Å². The Morgan fingerprint density at radius 3 is 2.58 bits per heavy atom. The number of rotatable bonds is 4. The van der Waals surface area contributed by atoms with Crippen LogP contribution in [0.1, 0.15) is 37.5 Å². The summed E-state index contributed by atoms with van der Waals surface area (Å²) in [4.78, 5) is 0. The molecule has 0 spiro atoms. The molecule has 1 aromatic heterocycles. The van der Waals surface area contributed by atoms with Crippen molar-refractivity contribution < 1.29 is 17.2 Å². The van der Waals surface area contributed by atoms with Crippen molar-refractivity contribution in [2.24, 2.45) is 0 Å². The fraction of sp³-hybridized carbons (Fsp3) is 0.500. The Kier molecular flexibility index (Phi) is 3.88. The summed E-state index contributed by atoms with van der Waals surface area (Å²) in [5.74, 6) is 0.359. The Morgan fingerprint density at radius 2 is 1.88 bits per heavy atom. The number of sulfonamides is 1. The van der Waals surface area contributed by atoms with Gasteiger partial charge in [-0.15, -0.1) is 10.2 Å². The van der Waals surface area contributed by atoms with Crippen LogP contribution in [0.5, 0.6) is 0 Å². The summed E-state index contributed by atoms with van der Waals surface area (Å²) < 4.78 is 45.1. The molecule has 1 aromatic carbocycles. The summed E-state index contributed by atoms with van der Waals surface area (Å²) in [6.45, 7) is 0.957. The quantitative estimate of drug-likeness (QED) is 0.846. The maximum absolute atomic E-state index is 13.0. The second-order valence-corrected chi connectivity index (χ2v) is 8.61. The van der Waals surface area contributed by atoms with Crippen LogP contribution in [0, 0.1) is 5.82 Å². The van der Waals surface area contributed by atoms with Gasteiger partial charge in [0.2, 0.25) is 21.8 Å². The highest BCUT2D eigenvalue weighted by atomic mass is 32.2. The van der Waals surface area contributed by atoms with E-state index < -0.39 is 10.0 Å². The van der Waals surface area contributed by atoms with Crippen LogP contribution in [0.4, 0.5) is 4.39 Å². The average Bonchev–Trinajstić information content (AvgIpc) is 3.34. The van der Waals surface area contributed by atoms with Crippen LogP contribution in [-0.4, -0.2) is 41.3 Å². The predicted octanol–water partition coefficient (Wildman–Crippen LogP) is 2.55. The molecule has 8 heteroatoms. The van der Waals surface area contributed by atoms with Crippen molar-refractivity contribution in [2.45, 2.75) is 36.9 Å². The highest BCUT2D eigenvalue weighted by Crippen LogP contribution is 2.35. The van der Waals surface area contributed by atoms with Gasteiger partial charge in [-0.2, -0.15) is 0 Å². The number of hydrogen-bond acceptors (Lipinski definition) is 5. The Morgan fingerprint density at radius 1 is 1.12 bits per heavy atom. The first-order valence-corrected chi connectivity index (χ1v) is 9.62. The van der Waals surface area contributed by atoms with Gasteiger partial charge in [0.1, 0.15) is 5.82 Å². The molecule has 2 aliphatic rings. The third-order valence-electron chi connectivity index (χ3n) is 4.57. The summed E-state index contributed by atoms with van der Waals surface area (Å²) in [5, 5.41) is 7.90. The molecule has 1 aliphatic carbocycles. The van der Waals surface area contributed by atoms with Gasteiger partial charge in [-0.3, -0.25) is 0 Å². The zero-order chi connectivity index (χ0) is 16.7. The number of nitrogens with zero attached hydrogens (tertiary/aromatic N) is 3. The van der Waals surface area contributed by atoms with E-state index in [1.165, 1.54) is 12.1 Å². The van der Waals surface area contributed by atoms with Crippen LogP contribution in [0.15, 0.2) is 28.7 Å². The SMILES string of the molecule is O=S(=O)(C1CC1)N1CCCC(c2nnc(-c3ccc(F)cc3)o2)C1. The van der Waals surface area contributed by atoms with Crippen molar-refractivity contribution in [3.8, 4) is 11.5 Å². The fourth-order valence-electron chi connectivity index (χ4n) is 3.06. The first-order valence-electron chi connectivity index (χ1n) is 8.12. The molecule has 1 saturated carbocycles. The van der Waals surface area contributed by atoms with Crippen LogP contribution >= 0.6 is 0 Å². The van der Waals surface area contributed by atoms with E-state index in [1.54, 1.807) is 16.4 Å². The molecule has 4 rings (SSSR count). The molecular weight excluding hydrogens is 333 g/mol. The molecule has 1 unspecified atom stereocenters. The lowest BCUT2D eigenvalue weighted by Crippen LogP contribution is -2.40. The molecule has 2 heterocycles. The van der Waals surface area contributed by atoms with Crippen LogP contribution in [-0.2, 0) is 10.0 Å². The number of aromatic nitrogens is 2. The van der Waals surface area contributed by atoms with Crippen molar-refractivity contribution in [1.29, 1.82) is 0 Å². The van der Waals surface area contributed by atoms with Crippen molar-refractivity contribution in [2.75, 3.05) is 13.1 Å². The molecule has 0 N–H and O–H groups in total. The minimum atomic E-state index is -3.18. The van der Waals surface area contributed by atoms with Gasteiger partial charge in [-0.1, -0.05) is 0 Å². The number of hydrogen-bond donors (Lipinski definition) is 0. The van der Waals surface area contributed by atoms with Gasteiger partial charge < -0.3 is 4.42 Å². The Balaban J connectivity index is 1.52. The smallest absolute Gasteiger partial charge is 0.247 e. The van der Waals surface area contributed by atoms with E-state index in [9.17, 15) is 12.8 Å². The highest BCUT2D eigenvalue weighted by Gasteiger charge is 2.42. The van der Waals surface area contributed by atoms with Crippen LogP contribution < -0.4 is 0 Å². The third-order valence-corrected chi connectivity index (χ3v) is 6.94. The molecule has 128 valence electrons. The summed E-state index contributed by atoms with van der Waals surface area (Å²) in [5.41, 5.74) is 0.647. The molecule has 2 fully saturated rings. The molecule has 1 saturated heterocycles. The molecule has 0 amide bonds. The zero-order valence-electron chi connectivity index (χ0n) is 13.1. The van der Waals surface area contributed by atoms with Crippen LogP contribution in [0.3, 0.4) is 0 Å². The van der Waals surface area contributed by atoms with E-state index in [2.05, 4.69) is 10.2 Å². The Hall–Kier alpha value is -1.80. The summed E-state index contributed by atoms with van der Waals surface area (Å²) in [6.07, 6.45) is 3.13. The standard InChI is InChI=1S/C16H18FN3O3S/c17-13-5-3-11(4-6-13)15-18-19-16(23-15)12-2-1-9-20(10-12)24(21,22)14-7-8-14/h3-6,12,14H,1-2,7-10H2. The van der Waals surface area contributed by atoms with Crippen molar-refractivity contribution in [3.63, 3.8) is 0 Å². The van der Waals surface area contributed by atoms with Gasteiger partial charge >= 0.3 is 0 Å². The van der Waals surface area contributed by atoms with E-state index in [0.29, 0.717) is 30.4 Å². The first-order chi connectivity index (χ1) is 11.5. The minimum Gasteiger partial charge on any atom is -0.420 e. The van der Waals surface area contributed by atoms with Crippen molar-refractivity contribution in [3.05, 3.63) is 36.0 Å². The van der Waals surface area contributed by atoms with E-state index >= 15 is 0 Å². The highest BCUT2D eigenvalue weighted by molar-refractivity contribution is 7.90. The van der Waals surface area contributed by atoms with E-state index in [1.807, 2.05) is 0 Å². The largest absolute Gasteiger partial charge is 0.420 e. The lowest BCUT2D eigenvalue weighted by atomic mass is 10.00. The predicted molar refractivity (Wildman–Crippen MR) is 85.2 cm³/mol. The third kappa shape index (κ3) is 2.95. The van der Waals surface area contributed by atoms with E-state index in [4.69, 9.17) is 4.42 Å². The van der Waals surface area contributed by atoms with Crippen molar-refractivity contribution >= 4 is 10.0 Å². The number of piperidine rings is 1. The lowest BCUT2D eigenvalue weighted by Gasteiger charge is -2.30.